The van der Waals surface area contributed by atoms with E-state index in [0.29, 0.717) is 0 Å². The second kappa shape index (κ2) is 4.21. The van der Waals surface area contributed by atoms with Crippen LogP contribution in [0.1, 0.15) is 10.4 Å². The SMILES string of the molecule is O=C(O)c1ccc(-n2ccccc2=O)cc1F. The Kier molecular flexibility index (Phi) is 2.74. The van der Waals surface area contributed by atoms with E-state index in [2.05, 4.69) is 0 Å². The van der Waals surface area contributed by atoms with E-state index < -0.39 is 17.3 Å². The van der Waals surface area contributed by atoms with Gasteiger partial charge in [-0.15, -0.1) is 0 Å². The number of rotatable bonds is 2. The van der Waals surface area contributed by atoms with Crippen molar-refractivity contribution in [2.24, 2.45) is 0 Å². The maximum Gasteiger partial charge on any atom is 0.338 e. The summed E-state index contributed by atoms with van der Waals surface area (Å²) in [6, 6.07) is 8.07. The largest absolute Gasteiger partial charge is 0.478 e. The summed E-state index contributed by atoms with van der Waals surface area (Å²) >= 11 is 0. The van der Waals surface area contributed by atoms with Crippen molar-refractivity contribution in [1.29, 1.82) is 0 Å². The zero-order valence-electron chi connectivity index (χ0n) is 8.63. The number of carbonyl (C=O) groups is 1. The van der Waals surface area contributed by atoms with Crippen LogP contribution in [0.5, 0.6) is 0 Å². The molecule has 4 nitrogen and oxygen atoms in total. The second-order valence-corrected chi connectivity index (χ2v) is 3.38. The molecule has 86 valence electrons. The molecule has 0 fully saturated rings. The molecule has 2 rings (SSSR count). The molecule has 5 heteroatoms. The molecule has 0 radical (unpaired) electrons. The lowest BCUT2D eigenvalue weighted by atomic mass is 10.2. The minimum Gasteiger partial charge on any atom is -0.478 e. The Bertz CT molecular complexity index is 634. The number of aromatic nitrogens is 1. The lowest BCUT2D eigenvalue weighted by Gasteiger charge is -2.05. The van der Waals surface area contributed by atoms with Gasteiger partial charge in [0.05, 0.1) is 11.3 Å². The molecule has 0 amide bonds. The lowest BCUT2D eigenvalue weighted by molar-refractivity contribution is 0.0692. The van der Waals surface area contributed by atoms with Crippen LogP contribution in [0.15, 0.2) is 47.4 Å². The van der Waals surface area contributed by atoms with E-state index in [-0.39, 0.29) is 11.2 Å². The average Bonchev–Trinajstić information content (AvgIpc) is 2.29. The van der Waals surface area contributed by atoms with Crippen LogP contribution in [-0.2, 0) is 0 Å². The molecule has 1 N–H and O–H groups in total. The molecule has 0 saturated heterocycles. The van der Waals surface area contributed by atoms with Crippen LogP contribution in [0.4, 0.5) is 4.39 Å². The molecule has 0 unspecified atom stereocenters. The van der Waals surface area contributed by atoms with Crippen LogP contribution in [-0.4, -0.2) is 15.6 Å². The van der Waals surface area contributed by atoms with Gasteiger partial charge in [-0.25, -0.2) is 9.18 Å². The molecule has 2 aromatic rings. The van der Waals surface area contributed by atoms with E-state index in [9.17, 15) is 14.0 Å². The Morgan fingerprint density at radius 1 is 1.24 bits per heavy atom. The van der Waals surface area contributed by atoms with Gasteiger partial charge in [-0.05, 0) is 24.3 Å². The average molecular weight is 233 g/mol. The van der Waals surface area contributed by atoms with Gasteiger partial charge in [-0.3, -0.25) is 9.36 Å². The maximum atomic E-state index is 13.4. The van der Waals surface area contributed by atoms with Crippen LogP contribution >= 0.6 is 0 Å². The van der Waals surface area contributed by atoms with Crippen molar-refractivity contribution in [3.8, 4) is 5.69 Å². The molecule has 0 aliphatic heterocycles. The highest BCUT2D eigenvalue weighted by Gasteiger charge is 2.11. The normalized spacial score (nSPS) is 10.2. The molecular formula is C12H8FNO3. The quantitative estimate of drug-likeness (QED) is 0.858. The summed E-state index contributed by atoms with van der Waals surface area (Å²) in [5.74, 6) is -2.21. The van der Waals surface area contributed by atoms with E-state index in [1.165, 1.54) is 22.9 Å². The van der Waals surface area contributed by atoms with E-state index in [1.807, 2.05) is 0 Å². The fourth-order valence-electron chi connectivity index (χ4n) is 1.47. The minimum absolute atomic E-state index is 0.290. The summed E-state index contributed by atoms with van der Waals surface area (Å²) in [5.41, 5.74) is -0.439. The van der Waals surface area contributed by atoms with Crippen molar-refractivity contribution in [1.82, 2.24) is 4.57 Å². The highest BCUT2D eigenvalue weighted by molar-refractivity contribution is 5.88. The van der Waals surface area contributed by atoms with Gasteiger partial charge < -0.3 is 5.11 Å². The highest BCUT2D eigenvalue weighted by Crippen LogP contribution is 2.12. The fraction of sp³-hybridized carbons (Fsp3) is 0. The van der Waals surface area contributed by atoms with Crippen molar-refractivity contribution < 1.29 is 14.3 Å². The van der Waals surface area contributed by atoms with Crippen LogP contribution in [0.25, 0.3) is 5.69 Å². The summed E-state index contributed by atoms with van der Waals surface area (Å²) in [6.45, 7) is 0. The molecule has 1 aromatic carbocycles. The van der Waals surface area contributed by atoms with Gasteiger partial charge in [0.2, 0.25) is 0 Å². The highest BCUT2D eigenvalue weighted by atomic mass is 19.1. The smallest absolute Gasteiger partial charge is 0.338 e. The Hall–Kier alpha value is -2.43. The van der Waals surface area contributed by atoms with Crippen molar-refractivity contribution in [3.63, 3.8) is 0 Å². The molecular weight excluding hydrogens is 225 g/mol. The summed E-state index contributed by atoms with van der Waals surface area (Å²) in [5, 5.41) is 8.67. The first kappa shape index (κ1) is 11.1. The van der Waals surface area contributed by atoms with Crippen molar-refractivity contribution in [3.05, 3.63) is 64.3 Å². The van der Waals surface area contributed by atoms with Crippen LogP contribution in [0, 0.1) is 5.82 Å². The van der Waals surface area contributed by atoms with Crippen molar-refractivity contribution in [2.75, 3.05) is 0 Å². The summed E-state index contributed by atoms with van der Waals surface area (Å²) < 4.78 is 14.7. The number of benzene rings is 1. The van der Waals surface area contributed by atoms with E-state index in [0.717, 1.165) is 12.1 Å². The molecule has 0 bridgehead atoms. The predicted octanol–water partition coefficient (Wildman–Crippen LogP) is 1.67. The maximum absolute atomic E-state index is 13.4. The second-order valence-electron chi connectivity index (χ2n) is 3.38. The zero-order chi connectivity index (χ0) is 12.4. The van der Waals surface area contributed by atoms with Crippen molar-refractivity contribution >= 4 is 5.97 Å². The zero-order valence-corrected chi connectivity index (χ0v) is 8.63. The Labute approximate surface area is 95.6 Å². The summed E-state index contributed by atoms with van der Waals surface area (Å²) in [6.07, 6.45) is 1.48. The number of aromatic carboxylic acids is 1. The molecule has 0 atom stereocenters. The number of carboxylic acid groups (broad SMARTS) is 1. The number of pyridine rings is 1. The minimum atomic E-state index is -1.34. The van der Waals surface area contributed by atoms with Gasteiger partial charge in [-0.1, -0.05) is 6.07 Å². The van der Waals surface area contributed by atoms with E-state index in [1.54, 1.807) is 12.1 Å². The van der Waals surface area contributed by atoms with Gasteiger partial charge in [-0.2, -0.15) is 0 Å². The number of carboxylic acids is 1. The topological polar surface area (TPSA) is 59.3 Å². The number of hydrogen-bond donors (Lipinski definition) is 1. The molecule has 0 saturated carbocycles. The molecule has 1 aromatic heterocycles. The van der Waals surface area contributed by atoms with Gasteiger partial charge in [0.15, 0.2) is 0 Å². The first-order chi connectivity index (χ1) is 8.09. The molecule has 0 aliphatic carbocycles. The van der Waals surface area contributed by atoms with E-state index >= 15 is 0 Å². The molecule has 17 heavy (non-hydrogen) atoms. The lowest BCUT2D eigenvalue weighted by Crippen LogP contribution is -2.16. The van der Waals surface area contributed by atoms with Crippen molar-refractivity contribution in [2.45, 2.75) is 0 Å². The number of halogens is 1. The Morgan fingerprint density at radius 2 is 2.00 bits per heavy atom. The number of hydrogen-bond acceptors (Lipinski definition) is 2. The van der Waals surface area contributed by atoms with Gasteiger partial charge in [0.25, 0.3) is 5.56 Å². The first-order valence-electron chi connectivity index (χ1n) is 4.80. The number of nitrogens with zero attached hydrogens (tertiary/aromatic N) is 1. The van der Waals surface area contributed by atoms with E-state index in [4.69, 9.17) is 5.11 Å². The molecule has 0 spiro atoms. The fourth-order valence-corrected chi connectivity index (χ4v) is 1.47. The predicted molar refractivity (Wildman–Crippen MR) is 59.0 cm³/mol. The summed E-state index contributed by atoms with van der Waals surface area (Å²) in [4.78, 5) is 22.1. The van der Waals surface area contributed by atoms with Gasteiger partial charge >= 0.3 is 5.97 Å². The van der Waals surface area contributed by atoms with Crippen LogP contribution in [0.2, 0.25) is 0 Å². The monoisotopic (exact) mass is 233 g/mol. The third-order valence-corrected chi connectivity index (χ3v) is 2.28. The Balaban J connectivity index is 2.56. The first-order valence-corrected chi connectivity index (χ1v) is 4.80. The van der Waals surface area contributed by atoms with Crippen LogP contribution < -0.4 is 5.56 Å². The van der Waals surface area contributed by atoms with Gasteiger partial charge in [0, 0.05) is 12.3 Å². The third-order valence-electron chi connectivity index (χ3n) is 2.28. The van der Waals surface area contributed by atoms with Gasteiger partial charge in [0.1, 0.15) is 5.82 Å². The standard InChI is InChI=1S/C12H8FNO3/c13-10-7-8(4-5-9(10)12(16)17)14-6-2-1-3-11(14)15/h1-7H,(H,16,17). The Morgan fingerprint density at radius 3 is 2.59 bits per heavy atom. The summed E-state index contributed by atoms with van der Waals surface area (Å²) in [7, 11) is 0. The molecule has 0 aliphatic rings. The third kappa shape index (κ3) is 2.08. The van der Waals surface area contributed by atoms with Crippen LogP contribution in [0.3, 0.4) is 0 Å². The molecule has 1 heterocycles.